The molecule has 98 valence electrons. The number of amidine groups is 1. The summed E-state index contributed by atoms with van der Waals surface area (Å²) < 4.78 is 26.1. The molecule has 0 spiro atoms. The van der Waals surface area contributed by atoms with Crippen LogP contribution in [-0.2, 0) is 10.0 Å². The summed E-state index contributed by atoms with van der Waals surface area (Å²) in [6.45, 7) is 2.02. The molecule has 1 aliphatic heterocycles. The van der Waals surface area contributed by atoms with Crippen molar-refractivity contribution in [3.8, 4) is 0 Å². The number of hydrogen-bond acceptors (Lipinski definition) is 4. The van der Waals surface area contributed by atoms with Gasteiger partial charge in [0.05, 0.1) is 4.90 Å². The van der Waals surface area contributed by atoms with Crippen LogP contribution < -0.4 is 4.72 Å². The Morgan fingerprint density at radius 3 is 2.83 bits per heavy atom. The minimum Gasteiger partial charge on any atom is -0.396 e. The first-order valence-corrected chi connectivity index (χ1v) is 7.34. The summed E-state index contributed by atoms with van der Waals surface area (Å²) in [6.07, 6.45) is 1.39. The Balaban J connectivity index is 2.30. The Morgan fingerprint density at radius 1 is 1.39 bits per heavy atom. The van der Waals surface area contributed by atoms with E-state index in [1.807, 2.05) is 6.92 Å². The van der Waals surface area contributed by atoms with Crippen LogP contribution in [0.15, 0.2) is 34.2 Å². The van der Waals surface area contributed by atoms with E-state index < -0.39 is 10.0 Å². The van der Waals surface area contributed by atoms with Gasteiger partial charge in [0.2, 0.25) is 0 Å². The fourth-order valence-corrected chi connectivity index (χ4v) is 3.14. The number of aliphatic hydroxyl groups is 1. The smallest absolute Gasteiger partial charge is 0.263 e. The lowest BCUT2D eigenvalue weighted by Gasteiger charge is -2.06. The molecular formula is C12H16N2O3S. The van der Waals surface area contributed by atoms with Crippen molar-refractivity contribution in [3.05, 3.63) is 29.8 Å². The van der Waals surface area contributed by atoms with Crippen LogP contribution in [-0.4, -0.2) is 32.0 Å². The summed E-state index contributed by atoms with van der Waals surface area (Å²) in [4.78, 5) is 4.64. The zero-order valence-electron chi connectivity index (χ0n) is 10.1. The normalized spacial score (nSPS) is 20.4. The lowest BCUT2D eigenvalue weighted by atomic mass is 10.1. The van der Waals surface area contributed by atoms with Gasteiger partial charge in [-0.25, -0.2) is 8.42 Å². The van der Waals surface area contributed by atoms with E-state index in [-0.39, 0.29) is 17.5 Å². The van der Waals surface area contributed by atoms with Gasteiger partial charge < -0.3 is 5.11 Å². The molecule has 1 heterocycles. The third-order valence-corrected chi connectivity index (χ3v) is 4.19. The highest BCUT2D eigenvalue weighted by Crippen LogP contribution is 2.22. The largest absolute Gasteiger partial charge is 0.396 e. The molecule has 0 aliphatic carbocycles. The number of hydrogen-bond donors (Lipinski definition) is 2. The fourth-order valence-electron chi connectivity index (χ4n) is 1.90. The predicted octanol–water partition coefficient (Wildman–Crippen LogP) is 0.886. The fraction of sp³-hybridized carbons (Fsp3) is 0.417. The van der Waals surface area contributed by atoms with Gasteiger partial charge in [-0.1, -0.05) is 12.1 Å². The van der Waals surface area contributed by atoms with Crippen LogP contribution in [0.4, 0.5) is 0 Å². The third-order valence-electron chi connectivity index (χ3n) is 2.79. The summed E-state index contributed by atoms with van der Waals surface area (Å²) >= 11 is 0. The molecule has 0 amide bonds. The van der Waals surface area contributed by atoms with Gasteiger partial charge in [0.1, 0.15) is 5.84 Å². The average Bonchev–Trinajstić information content (AvgIpc) is 2.59. The molecule has 0 bridgehead atoms. The highest BCUT2D eigenvalue weighted by molar-refractivity contribution is 7.90. The standard InChI is InChI=1S/C12H16N2O3S/c1-9(5-4-8-15)13-12-10-6-2-3-7-11(10)18(16,17)14-12/h2-3,6-7,9,15H,4-5,8H2,1H3,(H,13,14). The van der Waals surface area contributed by atoms with Crippen LogP contribution in [0.2, 0.25) is 0 Å². The molecule has 6 heteroatoms. The van der Waals surface area contributed by atoms with Crippen molar-refractivity contribution in [2.24, 2.45) is 4.99 Å². The van der Waals surface area contributed by atoms with E-state index in [0.717, 1.165) is 6.42 Å². The molecule has 0 saturated carbocycles. The topological polar surface area (TPSA) is 78.8 Å². The van der Waals surface area contributed by atoms with E-state index in [1.165, 1.54) is 0 Å². The maximum absolute atomic E-state index is 11.8. The van der Waals surface area contributed by atoms with Crippen LogP contribution in [0.3, 0.4) is 0 Å². The first kappa shape index (κ1) is 13.0. The molecule has 0 fully saturated rings. The zero-order chi connectivity index (χ0) is 13.2. The van der Waals surface area contributed by atoms with Crippen LogP contribution in [0, 0.1) is 0 Å². The van der Waals surface area contributed by atoms with Gasteiger partial charge in [-0.15, -0.1) is 0 Å². The Bertz CT molecular complexity index is 566. The van der Waals surface area contributed by atoms with Crippen molar-refractivity contribution in [1.29, 1.82) is 0 Å². The first-order chi connectivity index (χ1) is 8.54. The Morgan fingerprint density at radius 2 is 2.11 bits per heavy atom. The number of nitrogens with zero attached hydrogens (tertiary/aromatic N) is 1. The van der Waals surface area contributed by atoms with Gasteiger partial charge in [-0.05, 0) is 31.9 Å². The summed E-state index contributed by atoms with van der Waals surface area (Å²) in [5, 5.41) is 8.76. The second-order valence-corrected chi connectivity index (χ2v) is 5.95. The van der Waals surface area contributed by atoms with Gasteiger partial charge >= 0.3 is 0 Å². The molecule has 5 nitrogen and oxygen atoms in total. The van der Waals surface area contributed by atoms with Gasteiger partial charge in [0, 0.05) is 18.2 Å². The summed E-state index contributed by atoms with van der Waals surface area (Å²) in [5.74, 6) is 0.399. The molecule has 0 radical (unpaired) electrons. The quantitative estimate of drug-likeness (QED) is 0.851. The predicted molar refractivity (Wildman–Crippen MR) is 69.1 cm³/mol. The minimum absolute atomic E-state index is 0.0268. The molecular weight excluding hydrogens is 252 g/mol. The number of fused-ring (bicyclic) bond motifs is 1. The molecule has 1 aromatic carbocycles. The van der Waals surface area contributed by atoms with Crippen LogP contribution >= 0.6 is 0 Å². The summed E-state index contributed by atoms with van der Waals surface area (Å²) in [6, 6.07) is 6.76. The van der Waals surface area contributed by atoms with Crippen molar-refractivity contribution in [3.63, 3.8) is 0 Å². The van der Waals surface area contributed by atoms with Crippen molar-refractivity contribution in [2.45, 2.75) is 30.7 Å². The van der Waals surface area contributed by atoms with Crippen LogP contribution in [0.5, 0.6) is 0 Å². The minimum atomic E-state index is -3.45. The molecule has 1 aromatic rings. The van der Waals surface area contributed by atoms with E-state index >= 15 is 0 Å². The average molecular weight is 268 g/mol. The van der Waals surface area contributed by atoms with Crippen LogP contribution in [0.25, 0.3) is 0 Å². The van der Waals surface area contributed by atoms with Gasteiger partial charge in [0.15, 0.2) is 0 Å². The van der Waals surface area contributed by atoms with Gasteiger partial charge in [-0.2, -0.15) is 0 Å². The Labute approximate surface area is 107 Å². The number of benzene rings is 1. The number of aliphatic hydroxyl groups excluding tert-OH is 1. The van der Waals surface area contributed by atoms with E-state index in [4.69, 9.17) is 5.11 Å². The van der Waals surface area contributed by atoms with Crippen molar-refractivity contribution in [1.82, 2.24) is 4.72 Å². The molecule has 0 saturated heterocycles. The van der Waals surface area contributed by atoms with Crippen molar-refractivity contribution in [2.75, 3.05) is 6.61 Å². The summed E-state index contributed by atoms with van der Waals surface area (Å²) in [5.41, 5.74) is 0.619. The van der Waals surface area contributed by atoms with Crippen LogP contribution in [0.1, 0.15) is 25.3 Å². The number of nitrogens with one attached hydrogen (secondary N) is 1. The van der Waals surface area contributed by atoms with Crippen molar-refractivity contribution >= 4 is 15.9 Å². The van der Waals surface area contributed by atoms with E-state index in [0.29, 0.717) is 17.8 Å². The lowest BCUT2D eigenvalue weighted by Crippen LogP contribution is -2.23. The maximum atomic E-state index is 11.8. The molecule has 1 unspecified atom stereocenters. The maximum Gasteiger partial charge on any atom is 0.263 e. The van der Waals surface area contributed by atoms with Gasteiger partial charge in [-0.3, -0.25) is 9.71 Å². The Hall–Kier alpha value is -1.40. The highest BCUT2D eigenvalue weighted by atomic mass is 32.2. The van der Waals surface area contributed by atoms with E-state index in [1.54, 1.807) is 24.3 Å². The SMILES string of the molecule is CC(CCCO)N=C1NS(=O)(=O)c2ccccc21. The third kappa shape index (κ3) is 2.54. The van der Waals surface area contributed by atoms with Gasteiger partial charge in [0.25, 0.3) is 10.0 Å². The first-order valence-electron chi connectivity index (χ1n) is 5.85. The highest BCUT2D eigenvalue weighted by Gasteiger charge is 2.30. The Kier molecular flexibility index (Phi) is 3.68. The molecule has 18 heavy (non-hydrogen) atoms. The molecule has 1 aliphatic rings. The zero-order valence-corrected chi connectivity index (χ0v) is 10.9. The molecule has 0 aromatic heterocycles. The number of rotatable bonds is 4. The van der Waals surface area contributed by atoms with E-state index in [9.17, 15) is 8.42 Å². The number of sulfonamides is 1. The summed E-state index contributed by atoms with van der Waals surface area (Å²) in [7, 11) is -3.45. The second kappa shape index (κ2) is 5.07. The monoisotopic (exact) mass is 268 g/mol. The molecule has 2 N–H and O–H groups in total. The molecule has 2 rings (SSSR count). The molecule has 1 atom stereocenters. The number of aliphatic imine (C=N–C) groups is 1. The second-order valence-electron chi connectivity index (χ2n) is 4.29. The lowest BCUT2D eigenvalue weighted by molar-refractivity contribution is 0.281. The van der Waals surface area contributed by atoms with E-state index in [2.05, 4.69) is 9.71 Å². The van der Waals surface area contributed by atoms with Crippen molar-refractivity contribution < 1.29 is 13.5 Å².